The summed E-state index contributed by atoms with van der Waals surface area (Å²) in [7, 11) is 0. The molecule has 0 unspecified atom stereocenters. The Morgan fingerprint density at radius 3 is 1.75 bits per heavy atom. The molecule has 18 nitrogen and oxygen atoms in total. The molecule has 2 aliphatic carbocycles. The fourth-order valence-electron chi connectivity index (χ4n) is 8.34. The van der Waals surface area contributed by atoms with Gasteiger partial charge in [-0.15, -0.1) is 0 Å². The smallest absolute Gasteiger partial charge is 0.207 e. The second kappa shape index (κ2) is 13.8. The first-order valence-electron chi connectivity index (χ1n) is 16.3. The Hall–Kier alpha value is -1.14. The summed E-state index contributed by atoms with van der Waals surface area (Å²) in [4.78, 5) is 0. The number of fused-ring (bicyclic) bond motifs is 2. The summed E-state index contributed by atoms with van der Waals surface area (Å²) in [5.74, 6) is -2.82. The molecule has 2 saturated carbocycles. The van der Waals surface area contributed by atoms with Gasteiger partial charge >= 0.3 is 0 Å². The molecule has 18 heteroatoms. The second-order valence-corrected chi connectivity index (χ2v) is 14.3. The molecule has 276 valence electrons. The molecule has 6 aliphatic rings. The van der Waals surface area contributed by atoms with Crippen LogP contribution in [0.2, 0.25) is 0 Å². The van der Waals surface area contributed by atoms with Gasteiger partial charge in [-0.2, -0.15) is 0 Å². The molecule has 21 atom stereocenters. The minimum Gasteiger partial charge on any atom is -0.472 e. The molecule has 0 bridgehead atoms. The molecule has 5 fully saturated rings. The molecule has 11 N–H and O–H groups in total. The summed E-state index contributed by atoms with van der Waals surface area (Å²) in [5.41, 5.74) is -2.97. The zero-order valence-electron chi connectivity index (χ0n) is 26.4. The number of hydrogen-bond acceptors (Lipinski definition) is 18. The van der Waals surface area contributed by atoms with Gasteiger partial charge in [0.2, 0.25) is 6.29 Å². The first-order valence-corrected chi connectivity index (χ1v) is 16.3. The summed E-state index contributed by atoms with van der Waals surface area (Å²) in [6.07, 6.45) is -17.9. The number of aliphatic hydroxyl groups excluding tert-OH is 9. The van der Waals surface area contributed by atoms with E-state index < -0.39 is 141 Å². The van der Waals surface area contributed by atoms with Crippen molar-refractivity contribution in [3.63, 3.8) is 0 Å². The topological polar surface area (TPSA) is 287 Å². The maximum atomic E-state index is 11.5. The van der Waals surface area contributed by atoms with E-state index in [4.69, 9.17) is 33.2 Å². The fourth-order valence-corrected chi connectivity index (χ4v) is 8.34. The average Bonchev–Trinajstić information content (AvgIpc) is 3.44. The van der Waals surface area contributed by atoms with Gasteiger partial charge < -0.3 is 89.3 Å². The Labute approximate surface area is 275 Å². The van der Waals surface area contributed by atoms with E-state index in [1.54, 1.807) is 13.0 Å². The van der Waals surface area contributed by atoms with Crippen molar-refractivity contribution in [2.24, 2.45) is 23.7 Å². The molecule has 3 saturated heterocycles. The van der Waals surface area contributed by atoms with Crippen molar-refractivity contribution in [3.8, 4) is 0 Å². The van der Waals surface area contributed by atoms with E-state index in [-0.39, 0.29) is 19.3 Å². The van der Waals surface area contributed by atoms with Crippen molar-refractivity contribution in [3.05, 3.63) is 12.3 Å². The quantitative estimate of drug-likeness (QED) is 0.113. The third kappa shape index (κ3) is 6.54. The Morgan fingerprint density at radius 1 is 0.646 bits per heavy atom. The first-order chi connectivity index (χ1) is 22.6. The standard InChI is InChI=1S/C30H48O18/c1-29(40)6-12(33)11-5-16(46-26(18(11)29)48-28-24(39)22(37)20(35)15(9-32)45-28)43-13-7-30(2,41)17-10(13)3-4-42-25(17)47-27-23(38)21(36)19(34)14(8-31)44-27/h3-4,10-28,31-41H,5-9H2,1-2H3/t10-,11-,12+,13+,14+,15+,16-,17+,18+,19+,20+,21-,22-,23+,24+,25-,26-,27-,28-,29-,30-/m0/s1. The van der Waals surface area contributed by atoms with Crippen molar-refractivity contribution in [2.75, 3.05) is 13.2 Å². The Bertz CT molecular complexity index is 1140. The lowest BCUT2D eigenvalue weighted by molar-refractivity contribution is -0.386. The molecule has 0 radical (unpaired) electrons. The SMILES string of the molecule is C[C@]1(O)C[C@@H](O[C@@H]2C[C@@H]3[C@H]([C@H](O[C@@H]4O[C@H](CO)[C@@H](O)[C@H](O)[C@H]4O)O2)[C@@](C)(O)C[C@H]3O)[C@@H]2C=CO[C@@H](O[C@@H]3O[C@H](CO)[C@@H](O)[C@H](O)[C@H]3O)[C@@H]21. The van der Waals surface area contributed by atoms with Crippen LogP contribution in [-0.4, -0.2) is 173 Å². The van der Waals surface area contributed by atoms with Crippen LogP contribution in [0.3, 0.4) is 0 Å². The molecule has 0 aromatic heterocycles. The highest BCUT2D eigenvalue weighted by Crippen LogP contribution is 2.52. The molecule has 0 aromatic rings. The van der Waals surface area contributed by atoms with E-state index in [1.165, 1.54) is 13.2 Å². The third-order valence-electron chi connectivity index (χ3n) is 10.9. The minimum atomic E-state index is -1.75. The summed E-state index contributed by atoms with van der Waals surface area (Å²) in [6, 6.07) is 0. The lowest BCUT2D eigenvalue weighted by Crippen LogP contribution is -2.61. The van der Waals surface area contributed by atoms with Crippen LogP contribution >= 0.6 is 0 Å². The number of ether oxygens (including phenoxy) is 7. The van der Waals surface area contributed by atoms with Crippen molar-refractivity contribution in [1.82, 2.24) is 0 Å². The van der Waals surface area contributed by atoms with E-state index >= 15 is 0 Å². The summed E-state index contributed by atoms with van der Waals surface area (Å²) >= 11 is 0. The highest BCUT2D eigenvalue weighted by atomic mass is 16.8. The highest BCUT2D eigenvalue weighted by Gasteiger charge is 2.61. The lowest BCUT2D eigenvalue weighted by atomic mass is 9.82. The fraction of sp³-hybridized carbons (Fsp3) is 0.933. The number of rotatable bonds is 8. The predicted octanol–water partition coefficient (Wildman–Crippen LogP) is -4.92. The molecule has 4 heterocycles. The van der Waals surface area contributed by atoms with Gasteiger partial charge in [0, 0.05) is 37.0 Å². The van der Waals surface area contributed by atoms with E-state index in [1.807, 2.05) is 0 Å². The van der Waals surface area contributed by atoms with Gasteiger partial charge in [0.05, 0.1) is 48.8 Å². The maximum absolute atomic E-state index is 11.5. The van der Waals surface area contributed by atoms with Gasteiger partial charge in [-0.05, 0) is 19.9 Å². The molecular formula is C30H48O18. The van der Waals surface area contributed by atoms with Crippen LogP contribution in [0, 0.1) is 23.7 Å². The second-order valence-electron chi connectivity index (χ2n) is 14.3. The highest BCUT2D eigenvalue weighted by molar-refractivity contribution is 5.11. The average molecular weight is 697 g/mol. The van der Waals surface area contributed by atoms with Crippen molar-refractivity contribution < 1.29 is 89.3 Å². The van der Waals surface area contributed by atoms with Crippen molar-refractivity contribution in [2.45, 2.75) is 137 Å². The summed E-state index contributed by atoms with van der Waals surface area (Å²) < 4.78 is 41.1. The van der Waals surface area contributed by atoms with E-state index in [2.05, 4.69) is 0 Å². The monoisotopic (exact) mass is 696 g/mol. The zero-order chi connectivity index (χ0) is 34.9. The molecule has 4 aliphatic heterocycles. The van der Waals surface area contributed by atoms with E-state index in [9.17, 15) is 56.2 Å². The van der Waals surface area contributed by atoms with Crippen LogP contribution in [0.5, 0.6) is 0 Å². The Balaban J connectivity index is 1.18. The van der Waals surface area contributed by atoms with Crippen molar-refractivity contribution in [1.29, 1.82) is 0 Å². The predicted molar refractivity (Wildman–Crippen MR) is 152 cm³/mol. The van der Waals surface area contributed by atoms with Gasteiger partial charge in [-0.1, -0.05) is 0 Å². The minimum absolute atomic E-state index is 0.0210. The molecule has 48 heavy (non-hydrogen) atoms. The first kappa shape index (κ1) is 36.6. The van der Waals surface area contributed by atoms with Gasteiger partial charge in [0.1, 0.15) is 48.8 Å². The van der Waals surface area contributed by atoms with Gasteiger partial charge in [0.25, 0.3) is 0 Å². The van der Waals surface area contributed by atoms with Crippen molar-refractivity contribution >= 4 is 0 Å². The third-order valence-corrected chi connectivity index (χ3v) is 10.9. The van der Waals surface area contributed by atoms with Crippen LogP contribution in [0.4, 0.5) is 0 Å². The summed E-state index contributed by atoms with van der Waals surface area (Å²) in [6.45, 7) is 1.70. The molecular weight excluding hydrogens is 648 g/mol. The zero-order valence-corrected chi connectivity index (χ0v) is 26.4. The number of aliphatic hydroxyl groups is 11. The largest absolute Gasteiger partial charge is 0.472 e. The molecule has 0 amide bonds. The van der Waals surface area contributed by atoms with Crippen LogP contribution in [0.1, 0.15) is 33.1 Å². The molecule has 6 rings (SSSR count). The van der Waals surface area contributed by atoms with Crippen LogP contribution in [-0.2, 0) is 33.2 Å². The normalized spacial score (nSPS) is 56.8. The van der Waals surface area contributed by atoms with Crippen LogP contribution in [0.15, 0.2) is 12.3 Å². The van der Waals surface area contributed by atoms with Crippen LogP contribution in [0.25, 0.3) is 0 Å². The Morgan fingerprint density at radius 2 is 1.19 bits per heavy atom. The summed E-state index contributed by atoms with van der Waals surface area (Å²) in [5, 5.41) is 115. The van der Waals surface area contributed by atoms with E-state index in [0.29, 0.717) is 0 Å². The van der Waals surface area contributed by atoms with Gasteiger partial charge in [-0.3, -0.25) is 0 Å². The number of hydrogen-bond donors (Lipinski definition) is 11. The Kier molecular flexibility index (Phi) is 10.5. The van der Waals surface area contributed by atoms with Gasteiger partial charge in [0.15, 0.2) is 25.2 Å². The van der Waals surface area contributed by atoms with E-state index in [0.717, 1.165) is 0 Å². The molecule has 0 spiro atoms. The lowest BCUT2D eigenvalue weighted by Gasteiger charge is -2.46. The van der Waals surface area contributed by atoms with Crippen LogP contribution < -0.4 is 0 Å². The molecule has 0 aromatic carbocycles. The maximum Gasteiger partial charge on any atom is 0.207 e. The van der Waals surface area contributed by atoms with Gasteiger partial charge in [-0.25, -0.2) is 0 Å².